The van der Waals surface area contributed by atoms with Gasteiger partial charge in [-0.3, -0.25) is 4.79 Å². The number of nitrogens with zero attached hydrogens (tertiary/aromatic N) is 1. The number of hydrogen-bond acceptors (Lipinski definition) is 3. The fourth-order valence-electron chi connectivity index (χ4n) is 3.03. The van der Waals surface area contributed by atoms with E-state index in [4.69, 9.17) is 10.5 Å². The fourth-order valence-corrected chi connectivity index (χ4v) is 3.03. The number of rotatable bonds is 2. The third-order valence-electron chi connectivity index (χ3n) is 3.92. The Kier molecular flexibility index (Phi) is 2.93. The van der Waals surface area contributed by atoms with Crippen LogP contribution in [0.2, 0.25) is 0 Å². The Morgan fingerprint density at radius 1 is 1.37 bits per heavy atom. The summed E-state index contributed by atoms with van der Waals surface area (Å²) < 4.78 is 6.90. The number of methoxy groups -OCH3 is 1. The summed E-state index contributed by atoms with van der Waals surface area (Å²) in [5.41, 5.74) is 10.4. The van der Waals surface area contributed by atoms with Gasteiger partial charge in [0.1, 0.15) is 6.54 Å². The van der Waals surface area contributed by atoms with E-state index in [9.17, 15) is 4.79 Å². The fraction of sp³-hybridized carbons (Fsp3) is 0.400. The van der Waals surface area contributed by atoms with E-state index < -0.39 is 0 Å². The molecule has 0 unspecified atom stereocenters. The van der Waals surface area contributed by atoms with Gasteiger partial charge in [0.15, 0.2) is 0 Å². The zero-order valence-electron chi connectivity index (χ0n) is 11.1. The van der Waals surface area contributed by atoms with Gasteiger partial charge in [0.05, 0.1) is 7.11 Å². The van der Waals surface area contributed by atoms with Crippen molar-refractivity contribution < 1.29 is 9.53 Å². The minimum atomic E-state index is -0.206. The van der Waals surface area contributed by atoms with Crippen molar-refractivity contribution in [1.29, 1.82) is 0 Å². The Bertz CT molecular complexity index is 643. The predicted octanol–water partition coefficient (Wildman–Crippen LogP) is 2.28. The van der Waals surface area contributed by atoms with E-state index in [1.54, 1.807) is 0 Å². The summed E-state index contributed by atoms with van der Waals surface area (Å²) in [6.07, 6.45) is 4.49. The standard InChI is InChI=1S/C15H18N2O2/c1-19-15(18)9-17-13-5-3-2-4-11(13)12-8-10(16)6-7-14(12)17/h6-8H,2-5,9,16H2,1H3. The highest BCUT2D eigenvalue weighted by Crippen LogP contribution is 2.33. The van der Waals surface area contributed by atoms with Crippen LogP contribution in [0.15, 0.2) is 18.2 Å². The van der Waals surface area contributed by atoms with Crippen molar-refractivity contribution >= 4 is 22.6 Å². The van der Waals surface area contributed by atoms with E-state index in [1.807, 2.05) is 18.2 Å². The van der Waals surface area contributed by atoms with Crippen molar-refractivity contribution in [2.45, 2.75) is 32.2 Å². The zero-order chi connectivity index (χ0) is 13.4. The number of carbonyl (C=O) groups is 1. The molecule has 0 saturated carbocycles. The first-order valence-corrected chi connectivity index (χ1v) is 6.67. The van der Waals surface area contributed by atoms with Gasteiger partial charge in [0.2, 0.25) is 0 Å². The molecule has 1 heterocycles. The van der Waals surface area contributed by atoms with Crippen molar-refractivity contribution in [2.24, 2.45) is 0 Å². The van der Waals surface area contributed by atoms with Crippen LogP contribution in [0, 0.1) is 0 Å². The van der Waals surface area contributed by atoms with E-state index in [0.29, 0.717) is 0 Å². The Balaban J connectivity index is 2.21. The first-order chi connectivity index (χ1) is 9.20. The second-order valence-corrected chi connectivity index (χ2v) is 5.07. The van der Waals surface area contributed by atoms with E-state index in [0.717, 1.165) is 24.0 Å². The van der Waals surface area contributed by atoms with Crippen LogP contribution < -0.4 is 5.73 Å². The summed E-state index contributed by atoms with van der Waals surface area (Å²) in [4.78, 5) is 11.6. The molecule has 2 N–H and O–H groups in total. The average Bonchev–Trinajstić information content (AvgIpc) is 2.73. The number of nitrogen functional groups attached to an aromatic ring is 1. The van der Waals surface area contributed by atoms with Gasteiger partial charge in [-0.2, -0.15) is 0 Å². The summed E-state index contributed by atoms with van der Waals surface area (Å²) in [6.45, 7) is 0.284. The molecule has 0 saturated heterocycles. The number of nitrogens with two attached hydrogens (primary N) is 1. The second kappa shape index (κ2) is 4.61. The molecule has 0 aliphatic heterocycles. The van der Waals surface area contributed by atoms with E-state index in [2.05, 4.69) is 4.57 Å². The molecule has 1 aromatic carbocycles. The smallest absolute Gasteiger partial charge is 0.325 e. The number of carbonyl (C=O) groups excluding carboxylic acids is 1. The molecule has 4 heteroatoms. The lowest BCUT2D eigenvalue weighted by atomic mass is 9.95. The molecule has 0 bridgehead atoms. The maximum Gasteiger partial charge on any atom is 0.325 e. The molecule has 1 aromatic heterocycles. The van der Waals surface area contributed by atoms with Crippen molar-refractivity contribution in [3.63, 3.8) is 0 Å². The van der Waals surface area contributed by atoms with Crippen LogP contribution in [0.3, 0.4) is 0 Å². The van der Waals surface area contributed by atoms with Crippen LogP contribution in [0.25, 0.3) is 10.9 Å². The van der Waals surface area contributed by atoms with Gasteiger partial charge in [-0.1, -0.05) is 0 Å². The molecule has 0 radical (unpaired) electrons. The number of ether oxygens (including phenoxy) is 1. The van der Waals surface area contributed by atoms with Crippen LogP contribution in [-0.4, -0.2) is 17.6 Å². The molecule has 2 aromatic rings. The van der Waals surface area contributed by atoms with Gasteiger partial charge in [-0.05, 0) is 49.4 Å². The van der Waals surface area contributed by atoms with E-state index >= 15 is 0 Å². The van der Waals surface area contributed by atoms with Crippen LogP contribution in [0.1, 0.15) is 24.1 Å². The highest BCUT2D eigenvalue weighted by atomic mass is 16.5. The number of fused-ring (bicyclic) bond motifs is 3. The third kappa shape index (κ3) is 1.97. The van der Waals surface area contributed by atoms with Crippen molar-refractivity contribution in [1.82, 2.24) is 4.57 Å². The van der Waals surface area contributed by atoms with Crippen LogP contribution in [-0.2, 0) is 28.9 Å². The summed E-state index contributed by atoms with van der Waals surface area (Å²) in [7, 11) is 1.43. The number of anilines is 1. The number of esters is 1. The largest absolute Gasteiger partial charge is 0.468 e. The quantitative estimate of drug-likeness (QED) is 0.664. The topological polar surface area (TPSA) is 57.2 Å². The van der Waals surface area contributed by atoms with Crippen LogP contribution >= 0.6 is 0 Å². The number of aromatic nitrogens is 1. The first kappa shape index (κ1) is 12.1. The van der Waals surface area contributed by atoms with Gasteiger partial charge in [-0.25, -0.2) is 0 Å². The Labute approximate surface area is 112 Å². The summed E-state index contributed by atoms with van der Waals surface area (Å²) in [5, 5.41) is 1.19. The highest BCUT2D eigenvalue weighted by molar-refractivity contribution is 5.89. The molecule has 0 fully saturated rings. The maximum absolute atomic E-state index is 11.6. The van der Waals surface area contributed by atoms with Gasteiger partial charge in [0.25, 0.3) is 0 Å². The molecular formula is C15H18N2O2. The molecule has 19 heavy (non-hydrogen) atoms. The molecule has 0 amide bonds. The molecule has 1 aliphatic rings. The minimum Gasteiger partial charge on any atom is -0.468 e. The number of benzene rings is 1. The Hall–Kier alpha value is -1.97. The molecule has 4 nitrogen and oxygen atoms in total. The predicted molar refractivity (Wildman–Crippen MR) is 75.0 cm³/mol. The lowest BCUT2D eigenvalue weighted by Gasteiger charge is -2.15. The molecule has 0 atom stereocenters. The van der Waals surface area contributed by atoms with Crippen LogP contribution in [0.4, 0.5) is 5.69 Å². The Morgan fingerprint density at radius 3 is 2.95 bits per heavy atom. The van der Waals surface area contributed by atoms with Gasteiger partial charge in [-0.15, -0.1) is 0 Å². The molecule has 1 aliphatic carbocycles. The molecule has 0 spiro atoms. The zero-order valence-corrected chi connectivity index (χ0v) is 11.1. The number of hydrogen-bond donors (Lipinski definition) is 1. The average molecular weight is 258 g/mol. The number of aryl methyl sites for hydroxylation is 1. The summed E-state index contributed by atoms with van der Waals surface area (Å²) in [6, 6.07) is 5.92. The SMILES string of the molecule is COC(=O)Cn1c2c(c3cc(N)ccc31)CCCC2. The summed E-state index contributed by atoms with van der Waals surface area (Å²) >= 11 is 0. The molecule has 100 valence electrons. The van der Waals surface area contributed by atoms with Crippen LogP contribution in [0.5, 0.6) is 0 Å². The second-order valence-electron chi connectivity index (χ2n) is 5.07. The highest BCUT2D eigenvalue weighted by Gasteiger charge is 2.21. The molecule has 3 rings (SSSR count). The summed E-state index contributed by atoms with van der Waals surface area (Å²) in [5.74, 6) is -0.206. The lowest BCUT2D eigenvalue weighted by Crippen LogP contribution is -2.15. The maximum atomic E-state index is 11.6. The van der Waals surface area contributed by atoms with E-state index in [1.165, 1.54) is 36.6 Å². The van der Waals surface area contributed by atoms with Gasteiger partial charge < -0.3 is 15.0 Å². The monoisotopic (exact) mass is 258 g/mol. The minimum absolute atomic E-state index is 0.206. The lowest BCUT2D eigenvalue weighted by molar-refractivity contribution is -0.141. The normalized spacial score (nSPS) is 14.4. The Morgan fingerprint density at radius 2 is 2.16 bits per heavy atom. The van der Waals surface area contributed by atoms with Crippen molar-refractivity contribution in [3.8, 4) is 0 Å². The van der Waals surface area contributed by atoms with Crippen molar-refractivity contribution in [3.05, 3.63) is 29.5 Å². The third-order valence-corrected chi connectivity index (χ3v) is 3.92. The van der Waals surface area contributed by atoms with Crippen molar-refractivity contribution in [2.75, 3.05) is 12.8 Å². The van der Waals surface area contributed by atoms with E-state index in [-0.39, 0.29) is 12.5 Å². The first-order valence-electron chi connectivity index (χ1n) is 6.67. The van der Waals surface area contributed by atoms with Gasteiger partial charge >= 0.3 is 5.97 Å². The van der Waals surface area contributed by atoms with Gasteiger partial charge in [0, 0.05) is 22.3 Å². The molecular weight excluding hydrogens is 240 g/mol.